The zero-order chi connectivity index (χ0) is 29.1. The third-order valence-corrected chi connectivity index (χ3v) is 7.54. The lowest BCUT2D eigenvalue weighted by Gasteiger charge is -2.18. The smallest absolute Gasteiger partial charge is 0.334 e. The van der Waals surface area contributed by atoms with Crippen LogP contribution in [0.5, 0.6) is 34.5 Å². The Morgan fingerprint density at radius 1 is 0.976 bits per heavy atom. The minimum Gasteiger partial charge on any atom is -0.493 e. The summed E-state index contributed by atoms with van der Waals surface area (Å²) < 4.78 is 39.7. The van der Waals surface area contributed by atoms with E-state index in [2.05, 4.69) is 15.9 Å². The van der Waals surface area contributed by atoms with E-state index in [0.29, 0.717) is 62.1 Å². The molecule has 0 bridgehead atoms. The van der Waals surface area contributed by atoms with Gasteiger partial charge in [-0.2, -0.15) is 0 Å². The highest BCUT2D eigenvalue weighted by Gasteiger charge is 2.32. The van der Waals surface area contributed by atoms with Crippen molar-refractivity contribution in [2.75, 3.05) is 34.7 Å². The van der Waals surface area contributed by atoms with Crippen LogP contribution in [0.15, 0.2) is 52.5 Å². The number of hydrogen-bond acceptors (Lipinski definition) is 10. The molecule has 11 nitrogen and oxygen atoms in total. The van der Waals surface area contributed by atoms with Crippen LogP contribution >= 0.6 is 15.9 Å². The molecule has 1 unspecified atom stereocenters. The molecule has 3 aromatic rings. The lowest BCUT2D eigenvalue weighted by Crippen LogP contribution is -2.08. The third kappa shape index (κ3) is 5.73. The Kier molecular flexibility index (Phi) is 8.20. The van der Waals surface area contributed by atoms with E-state index in [-0.39, 0.29) is 31.6 Å². The molecular formula is C29H26BrNO10. The number of rotatable bonds is 10. The van der Waals surface area contributed by atoms with E-state index in [0.717, 1.165) is 5.56 Å². The quantitative estimate of drug-likeness (QED) is 0.123. The van der Waals surface area contributed by atoms with Crippen LogP contribution in [-0.4, -0.2) is 45.6 Å². The number of ether oxygens (including phenoxy) is 7. The third-order valence-electron chi connectivity index (χ3n) is 6.73. The number of nitro benzene ring substituents is 1. The van der Waals surface area contributed by atoms with Crippen LogP contribution in [0, 0.1) is 16.0 Å². The monoisotopic (exact) mass is 627 g/mol. The largest absolute Gasteiger partial charge is 0.493 e. The van der Waals surface area contributed by atoms with Gasteiger partial charge in [0.1, 0.15) is 6.61 Å². The Labute approximate surface area is 243 Å². The number of hydrogen-bond donors (Lipinski definition) is 0. The maximum absolute atomic E-state index is 12.8. The van der Waals surface area contributed by atoms with Gasteiger partial charge in [-0.1, -0.05) is 0 Å². The molecule has 2 aliphatic rings. The Hall–Kier alpha value is -4.45. The fraction of sp³-hybridized carbons (Fsp3) is 0.276. The highest BCUT2D eigenvalue weighted by Crippen LogP contribution is 2.47. The first-order valence-corrected chi connectivity index (χ1v) is 13.3. The maximum atomic E-state index is 12.8. The van der Waals surface area contributed by atoms with E-state index in [1.807, 2.05) is 12.1 Å². The van der Waals surface area contributed by atoms with Crippen molar-refractivity contribution in [1.82, 2.24) is 0 Å². The topological polar surface area (TPSA) is 125 Å². The summed E-state index contributed by atoms with van der Waals surface area (Å²) in [5, 5.41) is 11.0. The number of cyclic esters (lactones) is 1. The van der Waals surface area contributed by atoms with Gasteiger partial charge in [-0.25, -0.2) is 4.79 Å². The summed E-state index contributed by atoms with van der Waals surface area (Å²) in [5.74, 6) is 2.14. The van der Waals surface area contributed by atoms with Crippen molar-refractivity contribution in [2.24, 2.45) is 5.92 Å². The predicted molar refractivity (Wildman–Crippen MR) is 150 cm³/mol. The van der Waals surface area contributed by atoms with Gasteiger partial charge in [0.05, 0.1) is 37.3 Å². The molecule has 0 amide bonds. The Balaban J connectivity index is 1.45. The van der Waals surface area contributed by atoms with Gasteiger partial charge in [-0.15, -0.1) is 0 Å². The molecule has 3 aromatic carbocycles. The van der Waals surface area contributed by atoms with Crippen LogP contribution in [0.1, 0.15) is 16.7 Å². The number of non-ortho nitro benzene ring substituents is 1. The van der Waals surface area contributed by atoms with Gasteiger partial charge < -0.3 is 33.2 Å². The molecule has 41 heavy (non-hydrogen) atoms. The number of nitro groups is 1. The average Bonchev–Trinajstić information content (AvgIpc) is 3.59. The molecule has 0 aromatic heterocycles. The second-order valence-corrected chi connectivity index (χ2v) is 9.98. The summed E-state index contributed by atoms with van der Waals surface area (Å²) in [6, 6.07) is 11.5. The molecule has 214 valence electrons. The molecule has 0 spiro atoms. The highest BCUT2D eigenvalue weighted by molar-refractivity contribution is 9.10. The second-order valence-electron chi connectivity index (χ2n) is 9.19. The van der Waals surface area contributed by atoms with Crippen molar-refractivity contribution in [1.29, 1.82) is 0 Å². The Morgan fingerprint density at radius 2 is 1.73 bits per heavy atom. The van der Waals surface area contributed by atoms with Crippen molar-refractivity contribution in [2.45, 2.75) is 13.0 Å². The van der Waals surface area contributed by atoms with Crippen molar-refractivity contribution in [3.8, 4) is 34.5 Å². The minimum atomic E-state index is -0.462. The first-order chi connectivity index (χ1) is 19.8. The maximum Gasteiger partial charge on any atom is 0.334 e. The number of benzene rings is 3. The number of methoxy groups -OCH3 is 3. The molecule has 2 aliphatic heterocycles. The van der Waals surface area contributed by atoms with Crippen LogP contribution in [0.3, 0.4) is 0 Å². The summed E-state index contributed by atoms with van der Waals surface area (Å²) in [6.45, 7) is 0.440. The van der Waals surface area contributed by atoms with Gasteiger partial charge >= 0.3 is 5.97 Å². The van der Waals surface area contributed by atoms with Gasteiger partial charge in [0.25, 0.3) is 5.69 Å². The SMILES string of the molecule is COc1cc(CC2COC(=O)/C2=C/c2cc(OC)c(OC)c(OCc3ccc([N+](=O)[O-])cc3)c2Br)cc2c1OCO2. The summed E-state index contributed by atoms with van der Waals surface area (Å²) in [5.41, 5.74) is 2.70. The summed E-state index contributed by atoms with van der Waals surface area (Å²) in [6.07, 6.45) is 2.24. The number of carbonyl (C=O) groups is 1. The van der Waals surface area contributed by atoms with Crippen LogP contribution in [-0.2, 0) is 22.6 Å². The number of nitrogens with zero attached hydrogens (tertiary/aromatic N) is 1. The second kappa shape index (κ2) is 12.0. The molecule has 0 aliphatic carbocycles. The molecule has 2 heterocycles. The number of fused-ring (bicyclic) bond motifs is 1. The van der Waals surface area contributed by atoms with Crippen LogP contribution in [0.25, 0.3) is 6.08 Å². The van der Waals surface area contributed by atoms with E-state index in [1.165, 1.54) is 26.4 Å². The summed E-state index contributed by atoms with van der Waals surface area (Å²) in [4.78, 5) is 23.4. The number of halogens is 1. The van der Waals surface area contributed by atoms with Gasteiger partial charge in [0, 0.05) is 23.6 Å². The summed E-state index contributed by atoms with van der Waals surface area (Å²) >= 11 is 3.61. The van der Waals surface area contributed by atoms with E-state index < -0.39 is 10.9 Å². The number of esters is 1. The molecule has 12 heteroatoms. The predicted octanol–water partition coefficient (Wildman–Crippen LogP) is 5.49. The molecule has 1 fully saturated rings. The minimum absolute atomic E-state index is 0.0139. The molecule has 0 N–H and O–H groups in total. The van der Waals surface area contributed by atoms with Crippen molar-refractivity contribution >= 4 is 33.7 Å². The Morgan fingerprint density at radius 3 is 2.41 bits per heavy atom. The highest BCUT2D eigenvalue weighted by atomic mass is 79.9. The molecule has 1 atom stereocenters. The zero-order valence-corrected chi connectivity index (χ0v) is 24.0. The first-order valence-electron chi connectivity index (χ1n) is 12.5. The number of carbonyl (C=O) groups excluding carboxylic acids is 1. The fourth-order valence-corrected chi connectivity index (χ4v) is 5.20. The molecule has 1 saturated heterocycles. The normalized spacial score (nSPS) is 16.4. The van der Waals surface area contributed by atoms with E-state index in [4.69, 9.17) is 33.2 Å². The van der Waals surface area contributed by atoms with Crippen molar-refractivity contribution in [3.63, 3.8) is 0 Å². The molecule has 5 rings (SSSR count). The van der Waals surface area contributed by atoms with Crippen molar-refractivity contribution < 1.29 is 42.9 Å². The first kappa shape index (κ1) is 28.1. The average molecular weight is 628 g/mol. The van der Waals surface area contributed by atoms with E-state index >= 15 is 0 Å². The van der Waals surface area contributed by atoms with Gasteiger partial charge in [0.2, 0.25) is 18.3 Å². The Bertz CT molecular complexity index is 1520. The van der Waals surface area contributed by atoms with Crippen molar-refractivity contribution in [3.05, 3.63) is 79.3 Å². The standard InChI is InChI=1S/C29H26BrNO10/c1-35-22-9-17(10-24-26(22)41-15-40-24)8-19-14-39-29(32)21(19)11-18-12-23(36-2)27(37-3)28(25(18)30)38-13-16-4-6-20(7-5-16)31(33)34/h4-7,9-12,19H,8,13-15H2,1-3H3/b21-11+. The summed E-state index contributed by atoms with van der Waals surface area (Å²) in [7, 11) is 4.55. The van der Waals surface area contributed by atoms with E-state index in [9.17, 15) is 14.9 Å². The van der Waals surface area contributed by atoms with Crippen LogP contribution < -0.4 is 28.4 Å². The van der Waals surface area contributed by atoms with Gasteiger partial charge in [0.15, 0.2) is 23.0 Å². The molecule has 0 saturated carbocycles. The van der Waals surface area contributed by atoms with Gasteiger partial charge in [-0.3, -0.25) is 10.1 Å². The molecule has 0 radical (unpaired) electrons. The van der Waals surface area contributed by atoms with Crippen LogP contribution in [0.2, 0.25) is 0 Å². The lowest BCUT2D eigenvalue weighted by atomic mass is 9.92. The molecular weight excluding hydrogens is 602 g/mol. The van der Waals surface area contributed by atoms with Gasteiger partial charge in [-0.05, 0) is 75.4 Å². The van der Waals surface area contributed by atoms with E-state index in [1.54, 1.807) is 31.4 Å². The lowest BCUT2D eigenvalue weighted by molar-refractivity contribution is -0.384. The zero-order valence-electron chi connectivity index (χ0n) is 22.4. The fourth-order valence-electron chi connectivity index (χ4n) is 4.68. The van der Waals surface area contributed by atoms with Crippen LogP contribution in [0.4, 0.5) is 5.69 Å².